The molecule has 0 bridgehead atoms. The Morgan fingerprint density at radius 2 is 1.86 bits per heavy atom. The summed E-state index contributed by atoms with van der Waals surface area (Å²) in [5.74, 6) is -2.80. The minimum Gasteiger partial charge on any atom is -0.444 e. The lowest BCUT2D eigenvalue weighted by molar-refractivity contribution is -0.138. The molecule has 0 aromatic heterocycles. The largest absolute Gasteiger partial charge is 0.444 e. The third-order valence-electron chi connectivity index (χ3n) is 5.26. The number of nitrogens with one attached hydrogen (secondary N) is 1. The highest BCUT2D eigenvalue weighted by Gasteiger charge is 2.49. The van der Waals surface area contributed by atoms with Crippen LogP contribution in [0.4, 0.5) is 4.79 Å². The summed E-state index contributed by atoms with van der Waals surface area (Å²) >= 11 is 0. The molecule has 2 saturated heterocycles. The molecule has 3 unspecified atom stereocenters. The zero-order valence-electron chi connectivity index (χ0n) is 17.1. The van der Waals surface area contributed by atoms with Gasteiger partial charge in [-0.1, -0.05) is 30.3 Å². The van der Waals surface area contributed by atoms with Crippen LogP contribution in [-0.4, -0.2) is 52.7 Å². The fraction of sp³-hybridized carbons (Fsp3) is 0.545. The summed E-state index contributed by atoms with van der Waals surface area (Å²) in [6, 6.07) is 8.20. The van der Waals surface area contributed by atoms with Gasteiger partial charge < -0.3 is 10.1 Å². The van der Waals surface area contributed by atoms with Gasteiger partial charge in [0, 0.05) is 6.54 Å². The Balaban J connectivity index is 1.66. The third-order valence-corrected chi connectivity index (χ3v) is 5.26. The first kappa shape index (κ1) is 21.0. The average molecular weight is 400 g/mol. The lowest BCUT2D eigenvalue weighted by atomic mass is 9.91. The van der Waals surface area contributed by atoms with E-state index in [1.165, 1.54) is 4.90 Å². The molecule has 3 rings (SSSR count). The van der Waals surface area contributed by atoms with Crippen LogP contribution in [0.5, 0.6) is 0 Å². The molecule has 2 aliphatic heterocycles. The van der Waals surface area contributed by atoms with Crippen molar-refractivity contribution in [3.8, 4) is 0 Å². The van der Waals surface area contributed by atoms with Crippen LogP contribution >= 0.6 is 0 Å². The van der Waals surface area contributed by atoms with Crippen molar-refractivity contribution in [1.29, 1.82) is 0 Å². The number of amides is 2. The molecule has 1 N–H and O–H groups in total. The molecule has 3 atom stereocenters. The van der Waals surface area contributed by atoms with Crippen LogP contribution < -0.4 is 5.32 Å². The molecule has 2 fully saturated rings. The number of ether oxygens (including phenoxy) is 1. The highest BCUT2D eigenvalue weighted by molar-refractivity contribution is 6.25. The average Bonchev–Trinajstić information content (AvgIpc) is 3.24. The maximum Gasteiger partial charge on any atom is 0.410 e. The fourth-order valence-corrected chi connectivity index (χ4v) is 3.89. The molecule has 0 aliphatic carbocycles. The predicted octanol–water partition coefficient (Wildman–Crippen LogP) is 2.27. The maximum atomic E-state index is 13.0. The van der Waals surface area contributed by atoms with Crippen molar-refractivity contribution in [2.45, 2.75) is 64.1 Å². The summed E-state index contributed by atoms with van der Waals surface area (Å²) < 4.78 is 5.38. The Morgan fingerprint density at radius 3 is 2.52 bits per heavy atom. The molecule has 7 heteroatoms. The molecular formula is C22H28N2O5. The van der Waals surface area contributed by atoms with Crippen LogP contribution in [0.15, 0.2) is 30.3 Å². The molecule has 2 heterocycles. The van der Waals surface area contributed by atoms with E-state index < -0.39 is 47.2 Å². The minimum atomic E-state index is -1.34. The molecule has 2 aliphatic rings. The minimum absolute atomic E-state index is 0.380. The van der Waals surface area contributed by atoms with Crippen molar-refractivity contribution in [2.24, 2.45) is 5.92 Å². The first-order chi connectivity index (χ1) is 13.7. The Kier molecular flexibility index (Phi) is 6.05. The summed E-state index contributed by atoms with van der Waals surface area (Å²) in [5, 5.41) is 2.67. The first-order valence-corrected chi connectivity index (χ1v) is 10.1. The van der Waals surface area contributed by atoms with Crippen LogP contribution in [0, 0.1) is 5.92 Å². The van der Waals surface area contributed by atoms with Crippen LogP contribution in [0.25, 0.3) is 0 Å². The number of hydrogen-bond donors (Lipinski definition) is 1. The SMILES string of the molecule is CC(C)(C)OC(=O)N1CCCC1C(=O)C1C(=O)NC(CCc2ccccc2)C1=O. The Morgan fingerprint density at radius 1 is 1.17 bits per heavy atom. The van der Waals surface area contributed by atoms with E-state index in [9.17, 15) is 19.2 Å². The van der Waals surface area contributed by atoms with Gasteiger partial charge in [0.1, 0.15) is 5.60 Å². The second-order valence-corrected chi connectivity index (χ2v) is 8.65. The molecule has 1 aromatic carbocycles. The van der Waals surface area contributed by atoms with E-state index in [2.05, 4.69) is 5.32 Å². The van der Waals surface area contributed by atoms with Gasteiger partial charge in [0.15, 0.2) is 17.5 Å². The summed E-state index contributed by atoms with van der Waals surface area (Å²) in [6.07, 6.45) is 1.56. The van der Waals surface area contributed by atoms with Crippen molar-refractivity contribution < 1.29 is 23.9 Å². The lowest BCUT2D eigenvalue weighted by Crippen LogP contribution is -2.47. The number of likely N-dealkylation sites (tertiary alicyclic amines) is 1. The summed E-state index contributed by atoms with van der Waals surface area (Å²) in [5.41, 5.74) is 0.382. The van der Waals surface area contributed by atoms with Gasteiger partial charge in [0.2, 0.25) is 5.91 Å². The van der Waals surface area contributed by atoms with Gasteiger partial charge in [-0.25, -0.2) is 4.79 Å². The number of benzene rings is 1. The molecule has 0 saturated carbocycles. The van der Waals surface area contributed by atoms with Crippen LogP contribution in [0.3, 0.4) is 0 Å². The Bertz CT molecular complexity index is 799. The van der Waals surface area contributed by atoms with Gasteiger partial charge in [0.25, 0.3) is 0 Å². The standard InChI is InChI=1S/C22H28N2O5/c1-22(2,3)29-21(28)24-13-7-10-16(24)19(26)17-18(25)15(23-20(17)27)12-11-14-8-5-4-6-9-14/h4-6,8-9,15-17H,7,10-13H2,1-3H3,(H,23,27). The van der Waals surface area contributed by atoms with E-state index in [4.69, 9.17) is 4.74 Å². The van der Waals surface area contributed by atoms with Gasteiger partial charge in [-0.3, -0.25) is 19.3 Å². The van der Waals surface area contributed by atoms with Crippen molar-refractivity contribution in [2.75, 3.05) is 6.54 Å². The number of rotatable bonds is 5. The van der Waals surface area contributed by atoms with Crippen molar-refractivity contribution in [1.82, 2.24) is 10.2 Å². The highest BCUT2D eigenvalue weighted by atomic mass is 16.6. The number of carbonyl (C=O) groups is 4. The monoisotopic (exact) mass is 400 g/mol. The fourth-order valence-electron chi connectivity index (χ4n) is 3.89. The van der Waals surface area contributed by atoms with Crippen molar-refractivity contribution >= 4 is 23.6 Å². The van der Waals surface area contributed by atoms with Gasteiger partial charge in [0.05, 0.1) is 12.1 Å². The van der Waals surface area contributed by atoms with E-state index >= 15 is 0 Å². The molecule has 1 aromatic rings. The molecule has 0 radical (unpaired) electrons. The number of ketones is 2. The second-order valence-electron chi connectivity index (χ2n) is 8.65. The van der Waals surface area contributed by atoms with E-state index in [1.54, 1.807) is 20.8 Å². The van der Waals surface area contributed by atoms with Gasteiger partial charge >= 0.3 is 6.09 Å². The topological polar surface area (TPSA) is 92.8 Å². The number of Topliss-reactive ketones (excluding diaryl/α,β-unsaturated/α-hetero) is 2. The Hall–Kier alpha value is -2.70. The van der Waals surface area contributed by atoms with Gasteiger partial charge in [-0.15, -0.1) is 0 Å². The summed E-state index contributed by atoms with van der Waals surface area (Å²) in [7, 11) is 0. The van der Waals surface area contributed by atoms with Gasteiger partial charge in [-0.2, -0.15) is 0 Å². The summed E-state index contributed by atoms with van der Waals surface area (Å²) in [6.45, 7) is 5.64. The second kappa shape index (κ2) is 8.35. The molecular weight excluding hydrogens is 372 g/mol. The van der Waals surface area contributed by atoms with Gasteiger partial charge in [-0.05, 0) is 52.0 Å². The normalized spacial score (nSPS) is 24.5. The molecule has 156 valence electrons. The lowest BCUT2D eigenvalue weighted by Gasteiger charge is -2.28. The smallest absolute Gasteiger partial charge is 0.410 e. The van der Waals surface area contributed by atoms with Crippen LogP contribution in [0.1, 0.15) is 45.6 Å². The molecule has 29 heavy (non-hydrogen) atoms. The van der Waals surface area contributed by atoms with E-state index in [0.29, 0.717) is 32.2 Å². The summed E-state index contributed by atoms with van der Waals surface area (Å²) in [4.78, 5) is 52.1. The number of hydrogen-bond acceptors (Lipinski definition) is 5. The van der Waals surface area contributed by atoms with Crippen LogP contribution in [-0.2, 0) is 25.5 Å². The van der Waals surface area contributed by atoms with E-state index in [0.717, 1.165) is 5.56 Å². The quantitative estimate of drug-likeness (QED) is 0.766. The van der Waals surface area contributed by atoms with E-state index in [1.807, 2.05) is 30.3 Å². The predicted molar refractivity (Wildman–Crippen MR) is 106 cm³/mol. The first-order valence-electron chi connectivity index (χ1n) is 10.1. The number of carbonyl (C=O) groups excluding carboxylic acids is 4. The number of aryl methyl sites for hydroxylation is 1. The maximum absolute atomic E-state index is 13.0. The third kappa shape index (κ3) is 4.83. The highest BCUT2D eigenvalue weighted by Crippen LogP contribution is 2.27. The van der Waals surface area contributed by atoms with Crippen LogP contribution in [0.2, 0.25) is 0 Å². The zero-order chi connectivity index (χ0) is 21.2. The van der Waals surface area contributed by atoms with Crippen molar-refractivity contribution in [3.63, 3.8) is 0 Å². The molecule has 0 spiro atoms. The molecule has 2 amide bonds. The zero-order valence-corrected chi connectivity index (χ0v) is 17.1. The van der Waals surface area contributed by atoms with E-state index in [-0.39, 0.29) is 0 Å². The molecule has 7 nitrogen and oxygen atoms in total. The number of nitrogens with zero attached hydrogens (tertiary/aromatic N) is 1. The van der Waals surface area contributed by atoms with Crippen molar-refractivity contribution in [3.05, 3.63) is 35.9 Å². The Labute approximate surface area is 170 Å².